The number of ketones is 1. The lowest BCUT2D eigenvalue weighted by molar-refractivity contribution is 0.0701. The minimum absolute atomic E-state index is 0.0791. The second kappa shape index (κ2) is 6.25. The Kier molecular flexibility index (Phi) is 4.88. The van der Waals surface area contributed by atoms with Gasteiger partial charge in [0.1, 0.15) is 0 Å². The SMILES string of the molecule is CC1CCCCN1C(C)C(=O)c1ccc(Cl)cc1Cl. The van der Waals surface area contributed by atoms with Crippen molar-refractivity contribution in [2.75, 3.05) is 6.54 Å². The lowest BCUT2D eigenvalue weighted by Gasteiger charge is -2.37. The molecule has 2 rings (SSSR count). The van der Waals surface area contributed by atoms with Crippen LogP contribution in [-0.4, -0.2) is 29.3 Å². The van der Waals surface area contributed by atoms with Gasteiger partial charge in [-0.1, -0.05) is 29.6 Å². The third-order valence-corrected chi connectivity index (χ3v) is 4.48. The molecule has 1 aliphatic heterocycles. The van der Waals surface area contributed by atoms with E-state index in [2.05, 4.69) is 11.8 Å². The van der Waals surface area contributed by atoms with E-state index in [-0.39, 0.29) is 11.8 Å². The summed E-state index contributed by atoms with van der Waals surface area (Å²) >= 11 is 12.0. The van der Waals surface area contributed by atoms with Crippen molar-refractivity contribution >= 4 is 29.0 Å². The van der Waals surface area contributed by atoms with Gasteiger partial charge in [0, 0.05) is 16.6 Å². The number of Topliss-reactive ketones (excluding diaryl/α,β-unsaturated/α-hetero) is 1. The van der Waals surface area contributed by atoms with Crippen molar-refractivity contribution in [3.05, 3.63) is 33.8 Å². The maximum absolute atomic E-state index is 12.6. The molecule has 2 atom stereocenters. The summed E-state index contributed by atoms with van der Waals surface area (Å²) in [5.74, 6) is 0.0791. The fraction of sp³-hybridized carbons (Fsp3) is 0.533. The lowest BCUT2D eigenvalue weighted by atomic mass is 9.97. The molecule has 4 heteroatoms. The normalized spacial score (nSPS) is 22.2. The van der Waals surface area contributed by atoms with Gasteiger partial charge in [0.2, 0.25) is 0 Å². The number of piperidine rings is 1. The predicted molar refractivity (Wildman–Crippen MR) is 80.3 cm³/mol. The third-order valence-electron chi connectivity index (χ3n) is 3.93. The summed E-state index contributed by atoms with van der Waals surface area (Å²) in [5, 5.41) is 0.995. The fourth-order valence-corrected chi connectivity index (χ4v) is 3.26. The minimum Gasteiger partial charge on any atom is -0.292 e. The van der Waals surface area contributed by atoms with E-state index in [1.165, 1.54) is 6.42 Å². The Morgan fingerprint density at radius 3 is 2.74 bits per heavy atom. The Hall–Kier alpha value is -0.570. The first kappa shape index (κ1) is 14.8. The number of rotatable bonds is 3. The van der Waals surface area contributed by atoms with Crippen LogP contribution in [0, 0.1) is 0 Å². The number of halogens is 2. The van der Waals surface area contributed by atoms with Gasteiger partial charge >= 0.3 is 0 Å². The zero-order chi connectivity index (χ0) is 14.0. The van der Waals surface area contributed by atoms with Gasteiger partial charge in [-0.15, -0.1) is 0 Å². The van der Waals surface area contributed by atoms with Crippen LogP contribution < -0.4 is 0 Å². The second-order valence-electron chi connectivity index (χ2n) is 5.25. The van der Waals surface area contributed by atoms with Gasteiger partial charge in [-0.05, 0) is 51.4 Å². The summed E-state index contributed by atoms with van der Waals surface area (Å²) in [6.07, 6.45) is 3.57. The van der Waals surface area contributed by atoms with Crippen LogP contribution in [0.1, 0.15) is 43.5 Å². The minimum atomic E-state index is -0.131. The van der Waals surface area contributed by atoms with Crippen LogP contribution in [-0.2, 0) is 0 Å². The molecule has 1 aromatic rings. The summed E-state index contributed by atoms with van der Waals surface area (Å²) in [5.41, 5.74) is 0.566. The van der Waals surface area contributed by atoms with Crippen LogP contribution in [0.4, 0.5) is 0 Å². The summed E-state index contributed by atoms with van der Waals surface area (Å²) in [6, 6.07) is 5.39. The van der Waals surface area contributed by atoms with E-state index in [0.29, 0.717) is 21.7 Å². The van der Waals surface area contributed by atoms with Crippen LogP contribution >= 0.6 is 23.2 Å². The summed E-state index contributed by atoms with van der Waals surface area (Å²) in [4.78, 5) is 14.8. The molecule has 2 unspecified atom stereocenters. The highest BCUT2D eigenvalue weighted by atomic mass is 35.5. The number of hydrogen-bond donors (Lipinski definition) is 0. The molecule has 19 heavy (non-hydrogen) atoms. The molecule has 1 aromatic carbocycles. The van der Waals surface area contributed by atoms with E-state index in [4.69, 9.17) is 23.2 Å². The van der Waals surface area contributed by atoms with Gasteiger partial charge in [0.05, 0.1) is 11.1 Å². The van der Waals surface area contributed by atoms with Gasteiger partial charge < -0.3 is 0 Å². The molecule has 0 spiro atoms. The zero-order valence-electron chi connectivity index (χ0n) is 11.3. The maximum Gasteiger partial charge on any atom is 0.181 e. The first-order valence-electron chi connectivity index (χ1n) is 6.75. The maximum atomic E-state index is 12.6. The van der Waals surface area contributed by atoms with E-state index in [1.807, 2.05) is 6.92 Å². The van der Waals surface area contributed by atoms with Crippen molar-refractivity contribution in [2.24, 2.45) is 0 Å². The van der Waals surface area contributed by atoms with Gasteiger partial charge in [0.15, 0.2) is 5.78 Å². The average Bonchev–Trinajstić information content (AvgIpc) is 2.38. The summed E-state index contributed by atoms with van der Waals surface area (Å²) in [6.45, 7) is 5.14. The highest BCUT2D eigenvalue weighted by molar-refractivity contribution is 6.37. The molecular formula is C15H19Cl2NO. The van der Waals surface area contributed by atoms with E-state index >= 15 is 0 Å². The molecule has 0 bridgehead atoms. The molecule has 104 valence electrons. The Balaban J connectivity index is 2.18. The molecule has 1 aliphatic rings. The summed E-state index contributed by atoms with van der Waals surface area (Å²) in [7, 11) is 0. The van der Waals surface area contributed by atoms with E-state index in [0.717, 1.165) is 19.4 Å². The molecule has 1 fully saturated rings. The standard InChI is InChI=1S/C15H19Cl2NO/c1-10-5-3-4-8-18(10)11(2)15(19)13-7-6-12(16)9-14(13)17/h6-7,9-11H,3-5,8H2,1-2H3. The first-order valence-corrected chi connectivity index (χ1v) is 7.51. The molecule has 0 amide bonds. The molecule has 1 heterocycles. The van der Waals surface area contributed by atoms with Crippen LogP contribution in [0.2, 0.25) is 10.0 Å². The van der Waals surface area contributed by atoms with Crippen LogP contribution in [0.15, 0.2) is 18.2 Å². The zero-order valence-corrected chi connectivity index (χ0v) is 12.8. The highest BCUT2D eigenvalue weighted by Crippen LogP contribution is 2.25. The smallest absolute Gasteiger partial charge is 0.181 e. The van der Waals surface area contributed by atoms with Gasteiger partial charge in [-0.3, -0.25) is 9.69 Å². The molecular weight excluding hydrogens is 281 g/mol. The number of carbonyl (C=O) groups excluding carboxylic acids is 1. The average molecular weight is 300 g/mol. The number of benzene rings is 1. The van der Waals surface area contributed by atoms with Crippen molar-refractivity contribution in [1.29, 1.82) is 0 Å². The molecule has 0 saturated carbocycles. The fourth-order valence-electron chi connectivity index (χ4n) is 2.76. The summed E-state index contributed by atoms with van der Waals surface area (Å²) < 4.78 is 0. The van der Waals surface area contributed by atoms with E-state index in [1.54, 1.807) is 18.2 Å². The molecule has 0 radical (unpaired) electrons. The van der Waals surface area contributed by atoms with Crippen molar-refractivity contribution < 1.29 is 4.79 Å². The lowest BCUT2D eigenvalue weighted by Crippen LogP contribution is -2.47. The Bertz CT molecular complexity index is 475. The van der Waals surface area contributed by atoms with Gasteiger partial charge in [-0.25, -0.2) is 0 Å². The Morgan fingerprint density at radius 2 is 2.11 bits per heavy atom. The van der Waals surface area contributed by atoms with Gasteiger partial charge in [0.25, 0.3) is 0 Å². The van der Waals surface area contributed by atoms with E-state index < -0.39 is 0 Å². The van der Waals surface area contributed by atoms with Gasteiger partial charge in [-0.2, -0.15) is 0 Å². The van der Waals surface area contributed by atoms with Crippen LogP contribution in [0.25, 0.3) is 0 Å². The van der Waals surface area contributed by atoms with E-state index in [9.17, 15) is 4.79 Å². The second-order valence-corrected chi connectivity index (χ2v) is 6.09. The topological polar surface area (TPSA) is 20.3 Å². The van der Waals surface area contributed by atoms with Crippen molar-refractivity contribution in [3.8, 4) is 0 Å². The van der Waals surface area contributed by atoms with Crippen LogP contribution in [0.3, 0.4) is 0 Å². The number of likely N-dealkylation sites (tertiary alicyclic amines) is 1. The molecule has 1 saturated heterocycles. The largest absolute Gasteiger partial charge is 0.292 e. The molecule has 0 N–H and O–H groups in total. The quantitative estimate of drug-likeness (QED) is 0.769. The van der Waals surface area contributed by atoms with Crippen molar-refractivity contribution in [3.63, 3.8) is 0 Å². The number of carbonyl (C=O) groups is 1. The van der Waals surface area contributed by atoms with Crippen molar-refractivity contribution in [1.82, 2.24) is 4.90 Å². The molecule has 0 aliphatic carbocycles. The monoisotopic (exact) mass is 299 g/mol. The third kappa shape index (κ3) is 3.31. The van der Waals surface area contributed by atoms with Crippen molar-refractivity contribution in [2.45, 2.75) is 45.2 Å². The first-order chi connectivity index (χ1) is 9.00. The number of hydrogen-bond acceptors (Lipinski definition) is 2. The predicted octanol–water partition coefficient (Wildman–Crippen LogP) is 4.44. The highest BCUT2D eigenvalue weighted by Gasteiger charge is 2.29. The molecule has 0 aromatic heterocycles. The Morgan fingerprint density at radius 1 is 1.37 bits per heavy atom. The Labute approximate surface area is 124 Å². The molecule has 2 nitrogen and oxygen atoms in total. The van der Waals surface area contributed by atoms with Crippen LogP contribution in [0.5, 0.6) is 0 Å². The number of nitrogens with zero attached hydrogens (tertiary/aromatic N) is 1.